The molecule has 1 aromatic carbocycles. The van der Waals surface area contributed by atoms with E-state index in [1.165, 1.54) is 32.3 Å². The summed E-state index contributed by atoms with van der Waals surface area (Å²) in [6.45, 7) is 0.127. The highest BCUT2D eigenvalue weighted by Gasteiger charge is 2.23. The topological polar surface area (TPSA) is 60.9 Å². The Bertz CT molecular complexity index is 493. The summed E-state index contributed by atoms with van der Waals surface area (Å²) in [7, 11) is -0.914. The van der Waals surface area contributed by atoms with Gasteiger partial charge in [-0.15, -0.1) is 0 Å². The Morgan fingerprint density at radius 1 is 1.33 bits per heavy atom. The largest absolute Gasteiger partial charge is 0.396 e. The fraction of sp³-hybridized carbons (Fsp3) is 0.455. The van der Waals surface area contributed by atoms with Crippen molar-refractivity contribution in [3.05, 3.63) is 30.1 Å². The molecule has 0 aliphatic carbocycles. The lowest BCUT2D eigenvalue weighted by atomic mass is 10.3. The zero-order chi connectivity index (χ0) is 13.8. The Kier molecular flexibility index (Phi) is 5.06. The summed E-state index contributed by atoms with van der Waals surface area (Å²) < 4.78 is 39.4. The Balaban J connectivity index is 2.91. The lowest BCUT2D eigenvalue weighted by molar-refractivity contribution is 0.275. The van der Waals surface area contributed by atoms with Crippen LogP contribution in [0.15, 0.2) is 24.3 Å². The molecule has 102 valence electrons. The first-order chi connectivity index (χ1) is 8.39. The van der Waals surface area contributed by atoms with Gasteiger partial charge < -0.3 is 5.11 Å². The fourth-order valence-corrected chi connectivity index (χ4v) is 2.58. The molecule has 5 nitrogen and oxygen atoms in total. The van der Waals surface area contributed by atoms with Crippen molar-refractivity contribution in [2.24, 2.45) is 0 Å². The molecular weight excluding hydrogens is 259 g/mol. The quantitative estimate of drug-likeness (QED) is 0.837. The summed E-state index contributed by atoms with van der Waals surface area (Å²) >= 11 is 0. The van der Waals surface area contributed by atoms with Crippen LogP contribution in [-0.2, 0) is 10.2 Å². The van der Waals surface area contributed by atoms with Crippen molar-refractivity contribution in [2.45, 2.75) is 6.42 Å². The Labute approximate surface area is 107 Å². The number of hydrogen-bond donors (Lipinski definition) is 1. The van der Waals surface area contributed by atoms with Crippen LogP contribution in [0.25, 0.3) is 0 Å². The summed E-state index contributed by atoms with van der Waals surface area (Å²) in [6, 6.07) is 5.36. The van der Waals surface area contributed by atoms with Crippen LogP contribution in [-0.4, -0.2) is 45.1 Å². The number of anilines is 1. The van der Waals surface area contributed by atoms with Crippen molar-refractivity contribution in [1.29, 1.82) is 0 Å². The minimum absolute atomic E-state index is 0.0798. The van der Waals surface area contributed by atoms with E-state index in [2.05, 4.69) is 0 Å². The predicted octanol–water partition coefficient (Wildman–Crippen LogP) is 0.821. The number of halogens is 1. The van der Waals surface area contributed by atoms with E-state index >= 15 is 0 Å². The number of rotatable bonds is 6. The molecule has 0 atom stereocenters. The number of nitrogens with zero attached hydrogens (tertiary/aromatic N) is 2. The summed E-state index contributed by atoms with van der Waals surface area (Å²) in [5, 5.41) is 8.69. The number of benzene rings is 1. The van der Waals surface area contributed by atoms with E-state index in [0.29, 0.717) is 6.42 Å². The van der Waals surface area contributed by atoms with Gasteiger partial charge in [-0.1, -0.05) is 6.07 Å². The summed E-state index contributed by atoms with van der Waals surface area (Å²) in [5.41, 5.74) is 0.255. The van der Waals surface area contributed by atoms with Crippen molar-refractivity contribution in [3.8, 4) is 0 Å². The van der Waals surface area contributed by atoms with Gasteiger partial charge in [-0.05, 0) is 24.6 Å². The van der Waals surface area contributed by atoms with Crippen LogP contribution >= 0.6 is 0 Å². The van der Waals surface area contributed by atoms with Crippen molar-refractivity contribution in [3.63, 3.8) is 0 Å². The fourth-order valence-electron chi connectivity index (χ4n) is 1.42. The summed E-state index contributed by atoms with van der Waals surface area (Å²) in [6.07, 6.45) is 0.354. The molecule has 0 spiro atoms. The first kappa shape index (κ1) is 14.9. The third kappa shape index (κ3) is 3.41. The van der Waals surface area contributed by atoms with Crippen LogP contribution in [0.1, 0.15) is 6.42 Å². The molecule has 1 rings (SSSR count). The number of hydrogen-bond acceptors (Lipinski definition) is 3. The highest BCUT2D eigenvalue weighted by atomic mass is 32.2. The van der Waals surface area contributed by atoms with Crippen molar-refractivity contribution in [2.75, 3.05) is 31.6 Å². The van der Waals surface area contributed by atoms with Gasteiger partial charge in [0.25, 0.3) is 0 Å². The molecule has 0 radical (unpaired) electrons. The van der Waals surface area contributed by atoms with Crippen molar-refractivity contribution < 1.29 is 17.9 Å². The van der Waals surface area contributed by atoms with Gasteiger partial charge >= 0.3 is 10.2 Å². The molecule has 0 aromatic heterocycles. The highest BCUT2D eigenvalue weighted by molar-refractivity contribution is 7.90. The van der Waals surface area contributed by atoms with E-state index in [1.807, 2.05) is 0 Å². The van der Waals surface area contributed by atoms with Crippen LogP contribution < -0.4 is 4.31 Å². The molecule has 0 amide bonds. The third-order valence-corrected chi connectivity index (χ3v) is 4.42. The highest BCUT2D eigenvalue weighted by Crippen LogP contribution is 2.18. The third-order valence-electron chi connectivity index (χ3n) is 2.54. The molecule has 0 heterocycles. The maximum Gasteiger partial charge on any atom is 0.303 e. The van der Waals surface area contributed by atoms with E-state index in [4.69, 9.17) is 5.11 Å². The second-order valence-electron chi connectivity index (χ2n) is 3.85. The van der Waals surface area contributed by atoms with E-state index in [9.17, 15) is 12.8 Å². The van der Waals surface area contributed by atoms with Crippen LogP contribution in [0.5, 0.6) is 0 Å². The Hall–Kier alpha value is -1.18. The Morgan fingerprint density at radius 2 is 2.00 bits per heavy atom. The number of aliphatic hydroxyl groups is 1. The molecule has 0 aliphatic rings. The average Bonchev–Trinajstić information content (AvgIpc) is 2.34. The second-order valence-corrected chi connectivity index (χ2v) is 5.92. The molecule has 0 saturated carbocycles. The van der Waals surface area contributed by atoms with E-state index in [0.717, 1.165) is 14.7 Å². The van der Waals surface area contributed by atoms with Gasteiger partial charge in [-0.3, -0.25) is 4.31 Å². The SMILES string of the molecule is CN(CCCO)S(=O)(=O)N(C)c1cccc(F)c1. The van der Waals surface area contributed by atoms with Crippen molar-refractivity contribution in [1.82, 2.24) is 4.31 Å². The zero-order valence-corrected chi connectivity index (χ0v) is 11.2. The Morgan fingerprint density at radius 3 is 2.56 bits per heavy atom. The first-order valence-electron chi connectivity index (χ1n) is 5.46. The molecule has 1 N–H and O–H groups in total. The number of aliphatic hydroxyl groups excluding tert-OH is 1. The van der Waals surface area contributed by atoms with E-state index in [-0.39, 0.29) is 18.8 Å². The van der Waals surface area contributed by atoms with Gasteiger partial charge in [0, 0.05) is 27.2 Å². The van der Waals surface area contributed by atoms with Gasteiger partial charge in [0.15, 0.2) is 0 Å². The predicted molar refractivity (Wildman–Crippen MR) is 68.1 cm³/mol. The molecule has 18 heavy (non-hydrogen) atoms. The van der Waals surface area contributed by atoms with Gasteiger partial charge in [0.2, 0.25) is 0 Å². The lowest BCUT2D eigenvalue weighted by Gasteiger charge is -2.25. The molecule has 0 fully saturated rings. The molecule has 7 heteroatoms. The second kappa shape index (κ2) is 6.12. The standard InChI is InChI=1S/C11H17FN2O3S/c1-13(7-4-8-15)18(16,17)14(2)11-6-3-5-10(12)9-11/h3,5-6,9,15H,4,7-8H2,1-2H3. The van der Waals surface area contributed by atoms with Gasteiger partial charge in [-0.2, -0.15) is 12.7 Å². The van der Waals surface area contributed by atoms with Crippen LogP contribution in [0.2, 0.25) is 0 Å². The maximum atomic E-state index is 13.1. The first-order valence-corrected chi connectivity index (χ1v) is 6.86. The van der Waals surface area contributed by atoms with E-state index < -0.39 is 16.0 Å². The van der Waals surface area contributed by atoms with Crippen LogP contribution in [0.4, 0.5) is 10.1 Å². The molecule has 1 aromatic rings. The normalized spacial score (nSPS) is 11.8. The molecule has 0 bridgehead atoms. The zero-order valence-electron chi connectivity index (χ0n) is 10.4. The lowest BCUT2D eigenvalue weighted by Crippen LogP contribution is -2.40. The minimum Gasteiger partial charge on any atom is -0.396 e. The average molecular weight is 276 g/mol. The molecule has 0 aliphatic heterocycles. The summed E-state index contributed by atoms with van der Waals surface area (Å²) in [5.74, 6) is -0.493. The van der Waals surface area contributed by atoms with Gasteiger partial charge in [0.05, 0.1) is 5.69 Å². The minimum atomic E-state index is -3.69. The van der Waals surface area contributed by atoms with Gasteiger partial charge in [-0.25, -0.2) is 4.39 Å². The molecule has 0 saturated heterocycles. The molecule has 0 unspecified atom stereocenters. The van der Waals surface area contributed by atoms with Crippen LogP contribution in [0.3, 0.4) is 0 Å². The van der Waals surface area contributed by atoms with Crippen molar-refractivity contribution >= 4 is 15.9 Å². The smallest absolute Gasteiger partial charge is 0.303 e. The molecular formula is C11H17FN2O3S. The van der Waals surface area contributed by atoms with E-state index in [1.54, 1.807) is 0 Å². The maximum absolute atomic E-state index is 13.1. The van der Waals surface area contributed by atoms with Gasteiger partial charge in [0.1, 0.15) is 5.82 Å². The van der Waals surface area contributed by atoms with Crippen LogP contribution in [0, 0.1) is 5.82 Å². The monoisotopic (exact) mass is 276 g/mol. The summed E-state index contributed by atoms with van der Waals surface area (Å²) in [4.78, 5) is 0.